The van der Waals surface area contributed by atoms with Crippen molar-refractivity contribution in [2.75, 3.05) is 25.6 Å². The van der Waals surface area contributed by atoms with Crippen LogP contribution in [-0.4, -0.2) is 25.2 Å². The van der Waals surface area contributed by atoms with Gasteiger partial charge in [0.1, 0.15) is 34.3 Å². The molecule has 0 unspecified atom stereocenters. The average molecular weight is 420 g/mol. The molecular weight excluding hydrogens is 402 g/mol. The van der Waals surface area contributed by atoms with Crippen molar-refractivity contribution >= 4 is 23.5 Å². The van der Waals surface area contributed by atoms with E-state index in [0.29, 0.717) is 52.2 Å². The first-order chi connectivity index (χ1) is 14.7. The van der Waals surface area contributed by atoms with E-state index in [1.54, 1.807) is 18.4 Å². The SMILES string of the molecule is COCCNc1nc(SCc2ccc([NH+]=O)o2)c(C#N)c(-c2ccccc2)c1C#N. The minimum Gasteiger partial charge on any atom is -0.406 e. The van der Waals surface area contributed by atoms with E-state index >= 15 is 0 Å². The van der Waals surface area contributed by atoms with Gasteiger partial charge in [0.05, 0.1) is 29.2 Å². The van der Waals surface area contributed by atoms with Crippen molar-refractivity contribution in [3.63, 3.8) is 0 Å². The number of nitrogens with one attached hydrogen (secondary N) is 2. The Labute approximate surface area is 177 Å². The maximum absolute atomic E-state index is 10.7. The standard InChI is InChI=1S/C21H17N5O3S/c1-28-10-9-24-20-16(11-22)19(14-5-3-2-4-6-14)17(12-23)21(25-20)30-13-15-7-8-18(26-27)29-15/h2-8H,9-10,13H2,1H3,(H,24,25)/p+1. The molecule has 9 heteroatoms. The lowest BCUT2D eigenvalue weighted by Crippen LogP contribution is -2.55. The van der Waals surface area contributed by atoms with Gasteiger partial charge >= 0.3 is 5.88 Å². The minimum absolute atomic E-state index is 0.116. The molecule has 0 aliphatic carbocycles. The molecule has 0 fully saturated rings. The Bertz CT molecular complexity index is 1120. The van der Waals surface area contributed by atoms with Gasteiger partial charge in [-0.05, 0) is 11.6 Å². The third-order valence-electron chi connectivity index (χ3n) is 4.16. The zero-order chi connectivity index (χ0) is 21.3. The first-order valence-electron chi connectivity index (χ1n) is 8.97. The molecule has 0 saturated heterocycles. The summed E-state index contributed by atoms with van der Waals surface area (Å²) >= 11 is 1.29. The van der Waals surface area contributed by atoms with Crippen LogP contribution in [0.2, 0.25) is 0 Å². The van der Waals surface area contributed by atoms with Gasteiger partial charge in [-0.25, -0.2) is 4.98 Å². The molecule has 2 N–H and O–H groups in total. The molecule has 150 valence electrons. The number of hydrogen-bond acceptors (Lipinski definition) is 8. The number of aromatic nitrogens is 1. The van der Waals surface area contributed by atoms with Gasteiger partial charge in [-0.3, -0.25) is 0 Å². The van der Waals surface area contributed by atoms with E-state index in [1.807, 2.05) is 30.3 Å². The molecular formula is C21H18N5O3S+. The number of anilines is 1. The highest BCUT2D eigenvalue weighted by atomic mass is 32.2. The summed E-state index contributed by atoms with van der Waals surface area (Å²) in [7, 11) is 1.59. The van der Waals surface area contributed by atoms with Gasteiger partial charge in [-0.2, -0.15) is 10.5 Å². The molecule has 0 saturated carbocycles. The first kappa shape index (κ1) is 21.1. The van der Waals surface area contributed by atoms with E-state index in [4.69, 9.17) is 9.15 Å². The molecule has 3 aromatic rings. The van der Waals surface area contributed by atoms with Crippen LogP contribution in [0.3, 0.4) is 0 Å². The number of methoxy groups -OCH3 is 1. The zero-order valence-electron chi connectivity index (χ0n) is 16.1. The lowest BCUT2D eigenvalue weighted by Gasteiger charge is -2.15. The van der Waals surface area contributed by atoms with E-state index in [1.165, 1.54) is 17.8 Å². The molecule has 0 aliphatic rings. The molecule has 0 aliphatic heterocycles. The van der Waals surface area contributed by atoms with Crippen molar-refractivity contribution in [3.8, 4) is 23.3 Å². The number of nitrogens with zero attached hydrogens (tertiary/aromatic N) is 3. The van der Waals surface area contributed by atoms with Gasteiger partial charge in [-0.15, -0.1) is 0 Å². The van der Waals surface area contributed by atoms with Crippen molar-refractivity contribution in [2.45, 2.75) is 10.8 Å². The van der Waals surface area contributed by atoms with Crippen LogP contribution in [0.25, 0.3) is 11.1 Å². The quantitative estimate of drug-likeness (QED) is 0.400. The number of ether oxygens (including phenoxy) is 1. The zero-order valence-corrected chi connectivity index (χ0v) is 17.0. The Balaban J connectivity index is 2.07. The van der Waals surface area contributed by atoms with Gasteiger partial charge < -0.3 is 14.5 Å². The molecule has 1 aromatic carbocycles. The number of benzene rings is 1. The van der Waals surface area contributed by atoms with Crippen molar-refractivity contribution in [2.24, 2.45) is 0 Å². The Hall–Kier alpha value is -3.66. The molecule has 3 rings (SSSR count). The monoisotopic (exact) mass is 420 g/mol. The molecule has 0 radical (unpaired) electrons. The van der Waals surface area contributed by atoms with Crippen molar-refractivity contribution in [1.29, 1.82) is 10.5 Å². The van der Waals surface area contributed by atoms with Crippen molar-refractivity contribution in [1.82, 2.24) is 4.98 Å². The van der Waals surface area contributed by atoms with Gasteiger partial charge in [0.2, 0.25) is 0 Å². The lowest BCUT2D eigenvalue weighted by molar-refractivity contribution is -0.398. The second-order valence-electron chi connectivity index (χ2n) is 6.06. The fourth-order valence-electron chi connectivity index (χ4n) is 2.82. The maximum Gasteiger partial charge on any atom is 0.418 e. The molecule has 30 heavy (non-hydrogen) atoms. The number of rotatable bonds is 9. The number of nitriles is 2. The van der Waals surface area contributed by atoms with Crippen molar-refractivity contribution in [3.05, 3.63) is 64.3 Å². The van der Waals surface area contributed by atoms with E-state index in [9.17, 15) is 15.4 Å². The summed E-state index contributed by atoms with van der Waals surface area (Å²) in [6, 6.07) is 16.9. The molecule has 8 nitrogen and oxygen atoms in total. The molecule has 0 bridgehead atoms. The summed E-state index contributed by atoms with van der Waals surface area (Å²) < 4.78 is 10.4. The van der Waals surface area contributed by atoms with Crippen LogP contribution in [-0.2, 0) is 10.5 Å². The van der Waals surface area contributed by atoms with Gasteiger partial charge in [-0.1, -0.05) is 42.1 Å². The van der Waals surface area contributed by atoms with Crippen LogP contribution in [0.15, 0.2) is 51.9 Å². The number of nitroso groups, excluding NO2 is 1. The van der Waals surface area contributed by atoms with Crippen LogP contribution in [0.4, 0.5) is 11.7 Å². The fourth-order valence-corrected chi connectivity index (χ4v) is 3.71. The summed E-state index contributed by atoms with van der Waals surface area (Å²) in [6.45, 7) is 0.895. The predicted octanol–water partition coefficient (Wildman–Crippen LogP) is 2.91. The predicted molar refractivity (Wildman–Crippen MR) is 112 cm³/mol. The topological polar surface area (TPSA) is 126 Å². The number of hydrogen-bond donors (Lipinski definition) is 2. The normalized spacial score (nSPS) is 10.2. The van der Waals surface area contributed by atoms with Gasteiger partial charge in [0.15, 0.2) is 0 Å². The summed E-state index contributed by atoms with van der Waals surface area (Å²) in [5, 5.41) is 25.0. The Morgan fingerprint density at radius 1 is 1.17 bits per heavy atom. The second kappa shape index (κ2) is 10.2. The summed E-state index contributed by atoms with van der Waals surface area (Å²) in [4.78, 5) is 15.3. The highest BCUT2D eigenvalue weighted by Crippen LogP contribution is 2.37. The van der Waals surface area contributed by atoms with Gasteiger partial charge in [0.25, 0.3) is 0 Å². The van der Waals surface area contributed by atoms with Crippen LogP contribution in [0.1, 0.15) is 16.9 Å². The smallest absolute Gasteiger partial charge is 0.406 e. The molecule has 2 aromatic heterocycles. The molecule has 2 heterocycles. The van der Waals surface area contributed by atoms with Crippen LogP contribution < -0.4 is 10.5 Å². The van der Waals surface area contributed by atoms with Gasteiger partial charge in [0, 0.05) is 24.1 Å². The highest BCUT2D eigenvalue weighted by molar-refractivity contribution is 7.98. The van der Waals surface area contributed by atoms with E-state index in [-0.39, 0.29) is 5.88 Å². The third-order valence-corrected chi connectivity index (χ3v) is 5.16. The summed E-state index contributed by atoms with van der Waals surface area (Å²) in [6.07, 6.45) is 0. The Morgan fingerprint density at radius 2 is 1.93 bits per heavy atom. The van der Waals surface area contributed by atoms with Crippen LogP contribution >= 0.6 is 11.8 Å². The first-order valence-corrected chi connectivity index (χ1v) is 9.96. The number of pyridine rings is 1. The van der Waals surface area contributed by atoms with E-state index in [0.717, 1.165) is 5.56 Å². The Kier molecular flexibility index (Phi) is 7.17. The number of furan rings is 1. The average Bonchev–Trinajstić information content (AvgIpc) is 3.26. The second-order valence-corrected chi connectivity index (χ2v) is 7.02. The summed E-state index contributed by atoms with van der Waals surface area (Å²) in [5.74, 6) is 1.42. The lowest BCUT2D eigenvalue weighted by atomic mass is 9.97. The fraction of sp³-hybridized carbons (Fsp3) is 0.190. The maximum atomic E-state index is 10.7. The highest BCUT2D eigenvalue weighted by Gasteiger charge is 2.22. The molecule has 0 spiro atoms. The van der Waals surface area contributed by atoms with Crippen molar-refractivity contribution < 1.29 is 14.3 Å². The van der Waals surface area contributed by atoms with Crippen LogP contribution in [0.5, 0.6) is 0 Å². The Morgan fingerprint density at radius 3 is 2.57 bits per heavy atom. The largest absolute Gasteiger partial charge is 0.418 e. The summed E-state index contributed by atoms with van der Waals surface area (Å²) in [5.41, 5.74) is 1.89. The minimum atomic E-state index is 0.116. The van der Waals surface area contributed by atoms with Crippen LogP contribution in [0, 0.1) is 27.6 Å². The van der Waals surface area contributed by atoms with E-state index in [2.05, 4.69) is 22.4 Å². The number of thioether (sulfide) groups is 1. The van der Waals surface area contributed by atoms with E-state index < -0.39 is 0 Å². The molecule has 0 amide bonds. The molecule has 0 atom stereocenters. The third kappa shape index (κ3) is 4.66.